The van der Waals surface area contributed by atoms with Gasteiger partial charge in [0.2, 0.25) is 10.0 Å². The Balaban J connectivity index is 1.52. The van der Waals surface area contributed by atoms with Crippen molar-refractivity contribution in [3.8, 4) is 0 Å². The molecule has 1 N–H and O–H groups in total. The van der Waals surface area contributed by atoms with E-state index < -0.39 is 15.9 Å². The van der Waals surface area contributed by atoms with E-state index in [-0.39, 0.29) is 10.5 Å². The quantitative estimate of drug-likeness (QED) is 0.398. The summed E-state index contributed by atoms with van der Waals surface area (Å²) in [5, 5.41) is 4.41. The van der Waals surface area contributed by atoms with E-state index in [0.29, 0.717) is 39.1 Å². The Morgan fingerprint density at radius 2 is 1.44 bits per heavy atom. The minimum absolute atomic E-state index is 0.0832. The lowest BCUT2D eigenvalue weighted by Gasteiger charge is -2.26. The molecule has 1 aliphatic rings. The zero-order chi connectivity index (χ0) is 23.8. The van der Waals surface area contributed by atoms with E-state index in [1.54, 1.807) is 12.1 Å². The van der Waals surface area contributed by atoms with Crippen LogP contribution in [0.1, 0.15) is 21.5 Å². The molecule has 0 aliphatic carbocycles. The van der Waals surface area contributed by atoms with E-state index >= 15 is 0 Å². The Hall–Kier alpha value is -3.33. The van der Waals surface area contributed by atoms with Crippen LogP contribution in [0, 0.1) is 0 Å². The second-order valence-electron chi connectivity index (χ2n) is 7.99. The van der Waals surface area contributed by atoms with Crippen LogP contribution in [0.5, 0.6) is 0 Å². The maximum Gasteiger partial charge on any atom is 0.271 e. The maximum atomic E-state index is 12.9. The SMILES string of the molecule is O=C(NN=C(Cc1ccccc1)Cc1ccccc1)c1cccc(S(=O)(=O)N2CCOCC2)c1. The van der Waals surface area contributed by atoms with Crippen LogP contribution < -0.4 is 5.43 Å². The summed E-state index contributed by atoms with van der Waals surface area (Å²) in [5.74, 6) is -0.461. The summed E-state index contributed by atoms with van der Waals surface area (Å²) in [4.78, 5) is 12.9. The molecule has 0 radical (unpaired) electrons. The first-order valence-corrected chi connectivity index (χ1v) is 12.6. The molecule has 34 heavy (non-hydrogen) atoms. The molecule has 3 aromatic carbocycles. The Labute approximate surface area is 200 Å². The minimum atomic E-state index is -3.69. The number of nitrogens with one attached hydrogen (secondary N) is 1. The van der Waals surface area contributed by atoms with Gasteiger partial charge in [0.25, 0.3) is 5.91 Å². The van der Waals surface area contributed by atoms with Crippen LogP contribution in [0.15, 0.2) is 94.9 Å². The van der Waals surface area contributed by atoms with Gasteiger partial charge < -0.3 is 4.74 Å². The Morgan fingerprint density at radius 1 is 0.853 bits per heavy atom. The first-order chi connectivity index (χ1) is 16.5. The second-order valence-corrected chi connectivity index (χ2v) is 9.93. The zero-order valence-corrected chi connectivity index (χ0v) is 19.6. The number of hydrazone groups is 1. The predicted molar refractivity (Wildman–Crippen MR) is 131 cm³/mol. The number of rotatable bonds is 8. The van der Waals surface area contributed by atoms with Crippen molar-refractivity contribution in [2.45, 2.75) is 17.7 Å². The van der Waals surface area contributed by atoms with Gasteiger partial charge in [-0.05, 0) is 29.3 Å². The van der Waals surface area contributed by atoms with Gasteiger partial charge in [-0.3, -0.25) is 4.79 Å². The van der Waals surface area contributed by atoms with E-state index in [9.17, 15) is 13.2 Å². The largest absolute Gasteiger partial charge is 0.379 e. The predicted octanol–water partition coefficient (Wildman–Crippen LogP) is 3.28. The van der Waals surface area contributed by atoms with Crippen LogP contribution in [0.4, 0.5) is 0 Å². The molecule has 0 bridgehead atoms. The van der Waals surface area contributed by atoms with Crippen molar-refractivity contribution >= 4 is 21.6 Å². The third-order valence-corrected chi connectivity index (χ3v) is 7.42. The van der Waals surface area contributed by atoms with E-state index in [1.807, 2.05) is 60.7 Å². The fraction of sp³-hybridized carbons (Fsp3) is 0.231. The van der Waals surface area contributed by atoms with Crippen molar-refractivity contribution < 1.29 is 17.9 Å². The van der Waals surface area contributed by atoms with Crippen LogP contribution in [-0.2, 0) is 27.6 Å². The lowest BCUT2D eigenvalue weighted by molar-refractivity contribution is 0.0730. The summed E-state index contributed by atoms with van der Waals surface area (Å²) in [7, 11) is -3.69. The van der Waals surface area contributed by atoms with Crippen molar-refractivity contribution in [2.75, 3.05) is 26.3 Å². The summed E-state index contributed by atoms with van der Waals surface area (Å²) in [5.41, 5.74) is 5.82. The molecule has 0 aromatic heterocycles. The number of hydrogen-bond donors (Lipinski definition) is 1. The van der Waals surface area contributed by atoms with Crippen LogP contribution in [0.25, 0.3) is 0 Å². The molecular weight excluding hydrogens is 450 g/mol. The van der Waals surface area contributed by atoms with E-state index in [1.165, 1.54) is 16.4 Å². The number of morpholine rings is 1. The average molecular weight is 478 g/mol. The fourth-order valence-electron chi connectivity index (χ4n) is 3.73. The lowest BCUT2D eigenvalue weighted by Crippen LogP contribution is -2.40. The van der Waals surface area contributed by atoms with Gasteiger partial charge in [0, 0.05) is 37.2 Å². The van der Waals surface area contributed by atoms with Gasteiger partial charge in [-0.15, -0.1) is 0 Å². The van der Waals surface area contributed by atoms with Gasteiger partial charge in [0.1, 0.15) is 0 Å². The molecule has 8 heteroatoms. The lowest BCUT2D eigenvalue weighted by atomic mass is 10.0. The number of nitrogens with zero attached hydrogens (tertiary/aromatic N) is 2. The second kappa shape index (κ2) is 11.2. The third kappa shape index (κ3) is 6.17. The molecule has 1 heterocycles. The molecule has 3 aromatic rings. The van der Waals surface area contributed by atoms with Crippen molar-refractivity contribution in [3.63, 3.8) is 0 Å². The van der Waals surface area contributed by atoms with Gasteiger partial charge in [-0.1, -0.05) is 66.7 Å². The molecule has 4 rings (SSSR count). The number of hydrogen-bond acceptors (Lipinski definition) is 5. The van der Waals surface area contributed by atoms with Crippen LogP contribution in [0.3, 0.4) is 0 Å². The fourth-order valence-corrected chi connectivity index (χ4v) is 5.19. The van der Waals surface area contributed by atoms with Crippen molar-refractivity contribution in [1.82, 2.24) is 9.73 Å². The van der Waals surface area contributed by atoms with Crippen molar-refractivity contribution in [3.05, 3.63) is 102 Å². The standard InChI is InChI=1S/C26H27N3O4S/c30-26(23-12-7-13-25(20-23)34(31,32)29-14-16-33-17-15-29)28-27-24(18-21-8-3-1-4-9-21)19-22-10-5-2-6-11-22/h1-13,20H,14-19H2,(H,28,30). The monoisotopic (exact) mass is 477 g/mol. The summed E-state index contributed by atoms with van der Waals surface area (Å²) in [6.45, 7) is 1.32. The zero-order valence-electron chi connectivity index (χ0n) is 18.8. The highest BCUT2D eigenvalue weighted by molar-refractivity contribution is 7.89. The van der Waals surface area contributed by atoms with Crippen molar-refractivity contribution in [2.24, 2.45) is 5.10 Å². The molecule has 1 saturated heterocycles. The highest BCUT2D eigenvalue weighted by Gasteiger charge is 2.26. The van der Waals surface area contributed by atoms with E-state index in [4.69, 9.17) is 4.74 Å². The molecule has 0 atom stereocenters. The molecule has 0 unspecified atom stereocenters. The summed E-state index contributed by atoms with van der Waals surface area (Å²) in [6.07, 6.45) is 1.17. The van der Waals surface area contributed by atoms with E-state index in [2.05, 4.69) is 10.5 Å². The average Bonchev–Trinajstić information content (AvgIpc) is 2.89. The number of ether oxygens (including phenoxy) is 1. The van der Waals surface area contributed by atoms with Gasteiger partial charge in [0.15, 0.2) is 0 Å². The van der Waals surface area contributed by atoms with Gasteiger partial charge >= 0.3 is 0 Å². The van der Waals surface area contributed by atoms with E-state index in [0.717, 1.165) is 16.8 Å². The maximum absolute atomic E-state index is 12.9. The molecule has 1 fully saturated rings. The summed E-state index contributed by atoms with van der Waals surface area (Å²) < 4.78 is 32.5. The molecule has 7 nitrogen and oxygen atoms in total. The molecular formula is C26H27N3O4S. The summed E-state index contributed by atoms with van der Waals surface area (Å²) in [6, 6.07) is 25.9. The highest BCUT2D eigenvalue weighted by atomic mass is 32.2. The Morgan fingerprint density at radius 3 is 2.03 bits per heavy atom. The Kier molecular flexibility index (Phi) is 7.84. The highest BCUT2D eigenvalue weighted by Crippen LogP contribution is 2.18. The number of carbonyl (C=O) groups is 1. The molecule has 0 saturated carbocycles. The molecule has 1 aliphatic heterocycles. The first kappa shape index (κ1) is 23.8. The van der Waals surface area contributed by atoms with Crippen molar-refractivity contribution in [1.29, 1.82) is 0 Å². The van der Waals surface area contributed by atoms with Gasteiger partial charge in [0.05, 0.1) is 18.1 Å². The van der Waals surface area contributed by atoms with Crippen LogP contribution in [0.2, 0.25) is 0 Å². The Bertz CT molecular complexity index is 1200. The number of sulfonamides is 1. The first-order valence-electron chi connectivity index (χ1n) is 11.1. The van der Waals surface area contributed by atoms with Gasteiger partial charge in [-0.2, -0.15) is 9.41 Å². The minimum Gasteiger partial charge on any atom is -0.379 e. The third-order valence-electron chi connectivity index (χ3n) is 5.52. The molecule has 1 amide bonds. The molecule has 0 spiro atoms. The number of benzene rings is 3. The summed E-state index contributed by atoms with van der Waals surface area (Å²) >= 11 is 0. The smallest absolute Gasteiger partial charge is 0.271 e. The topological polar surface area (TPSA) is 88.1 Å². The number of amides is 1. The normalized spacial score (nSPS) is 14.4. The van der Waals surface area contributed by atoms with Crippen LogP contribution in [-0.4, -0.2) is 50.6 Å². The molecule has 176 valence electrons. The van der Waals surface area contributed by atoms with Crippen LogP contribution >= 0.6 is 0 Å². The van der Waals surface area contributed by atoms with Gasteiger partial charge in [-0.25, -0.2) is 13.8 Å². The number of carbonyl (C=O) groups excluding carboxylic acids is 1.